The lowest BCUT2D eigenvalue weighted by Crippen LogP contribution is -2.38. The quantitative estimate of drug-likeness (QED) is 0.459. The molecule has 2 aromatic carbocycles. The molecule has 1 amide bonds. The van der Waals surface area contributed by atoms with Gasteiger partial charge in [-0.2, -0.15) is 0 Å². The normalized spacial score (nSPS) is 17.8. The van der Waals surface area contributed by atoms with Gasteiger partial charge >= 0.3 is 0 Å². The van der Waals surface area contributed by atoms with Crippen LogP contribution in [0.25, 0.3) is 0 Å². The number of nitrogens with one attached hydrogen (secondary N) is 1. The Kier molecular flexibility index (Phi) is 7.35. The number of carbonyl (C=O) groups excluding carboxylic acids is 1. The van der Waals surface area contributed by atoms with Crippen LogP contribution in [0.15, 0.2) is 60.7 Å². The van der Waals surface area contributed by atoms with E-state index in [1.807, 2.05) is 25.1 Å². The van der Waals surface area contributed by atoms with E-state index in [-0.39, 0.29) is 11.3 Å². The highest BCUT2D eigenvalue weighted by Gasteiger charge is 2.42. The molecule has 3 aromatic rings. The molecule has 188 valence electrons. The highest BCUT2D eigenvalue weighted by molar-refractivity contribution is 5.97. The summed E-state index contributed by atoms with van der Waals surface area (Å²) in [6.45, 7) is 6.84. The highest BCUT2D eigenvalue weighted by atomic mass is 16.1. The largest absolute Gasteiger partial charge is 0.352 e. The number of carbonyl (C=O) groups is 1. The molecule has 2 aliphatic rings. The smallest absolute Gasteiger partial charge is 0.255 e. The van der Waals surface area contributed by atoms with Crippen LogP contribution in [-0.4, -0.2) is 35.5 Å². The Hall–Kier alpha value is -3.21. The van der Waals surface area contributed by atoms with Crippen molar-refractivity contribution in [3.63, 3.8) is 0 Å². The molecule has 1 N–H and O–H groups in total. The minimum Gasteiger partial charge on any atom is -0.352 e. The van der Waals surface area contributed by atoms with Crippen molar-refractivity contribution in [3.8, 4) is 0 Å². The summed E-state index contributed by atoms with van der Waals surface area (Å²) >= 11 is 0. The SMILES string of the molecule is Cc1nc(N2CCC(C)CC2)nc(C2(c3ccccc3)CCCC2)c1C(=O)NCCc1ccccc1. The van der Waals surface area contributed by atoms with Crippen LogP contribution in [0.3, 0.4) is 0 Å². The van der Waals surface area contributed by atoms with Crippen molar-refractivity contribution < 1.29 is 4.79 Å². The topological polar surface area (TPSA) is 58.1 Å². The molecule has 5 rings (SSSR count). The molecule has 1 aliphatic heterocycles. The summed E-state index contributed by atoms with van der Waals surface area (Å²) in [7, 11) is 0. The third kappa shape index (κ3) is 5.02. The molecular formula is C31H38N4O. The molecule has 0 radical (unpaired) electrons. The molecule has 5 nitrogen and oxygen atoms in total. The molecule has 1 saturated heterocycles. The van der Waals surface area contributed by atoms with Crippen LogP contribution >= 0.6 is 0 Å². The number of benzene rings is 2. The monoisotopic (exact) mass is 482 g/mol. The number of amides is 1. The van der Waals surface area contributed by atoms with Gasteiger partial charge in [-0.15, -0.1) is 0 Å². The number of aromatic nitrogens is 2. The van der Waals surface area contributed by atoms with Crippen LogP contribution in [0.5, 0.6) is 0 Å². The summed E-state index contributed by atoms with van der Waals surface area (Å²) in [4.78, 5) is 26.2. The van der Waals surface area contributed by atoms with Crippen LogP contribution in [0.2, 0.25) is 0 Å². The molecule has 36 heavy (non-hydrogen) atoms. The highest BCUT2D eigenvalue weighted by Crippen LogP contribution is 2.47. The van der Waals surface area contributed by atoms with E-state index < -0.39 is 0 Å². The van der Waals surface area contributed by atoms with Gasteiger partial charge in [-0.05, 0) is 56.1 Å². The zero-order valence-electron chi connectivity index (χ0n) is 21.7. The predicted octanol–water partition coefficient (Wildman–Crippen LogP) is 5.85. The van der Waals surface area contributed by atoms with Gasteiger partial charge in [0.2, 0.25) is 5.95 Å². The van der Waals surface area contributed by atoms with Gasteiger partial charge in [0.05, 0.1) is 17.0 Å². The molecule has 2 heterocycles. The maximum absolute atomic E-state index is 13.7. The second-order valence-electron chi connectivity index (χ2n) is 10.6. The van der Waals surface area contributed by atoms with Crippen molar-refractivity contribution in [2.75, 3.05) is 24.5 Å². The van der Waals surface area contributed by atoms with E-state index in [0.717, 1.165) is 81.3 Å². The van der Waals surface area contributed by atoms with E-state index in [1.54, 1.807) is 0 Å². The fourth-order valence-electron chi connectivity index (χ4n) is 5.98. The van der Waals surface area contributed by atoms with Gasteiger partial charge in [0, 0.05) is 25.0 Å². The van der Waals surface area contributed by atoms with Crippen LogP contribution in [0.4, 0.5) is 5.95 Å². The maximum atomic E-state index is 13.7. The van der Waals surface area contributed by atoms with Crippen LogP contribution in [0, 0.1) is 12.8 Å². The van der Waals surface area contributed by atoms with Crippen molar-refractivity contribution in [2.45, 2.75) is 64.2 Å². The van der Waals surface area contributed by atoms with Gasteiger partial charge in [-0.1, -0.05) is 80.4 Å². The third-order valence-corrected chi connectivity index (χ3v) is 8.15. The van der Waals surface area contributed by atoms with Gasteiger partial charge in [0.25, 0.3) is 5.91 Å². The molecular weight excluding hydrogens is 444 g/mol. The van der Waals surface area contributed by atoms with Gasteiger partial charge in [-0.3, -0.25) is 4.79 Å². The third-order valence-electron chi connectivity index (χ3n) is 8.15. The molecule has 0 unspecified atom stereocenters. The summed E-state index contributed by atoms with van der Waals surface area (Å²) in [6, 6.07) is 21.0. The van der Waals surface area contributed by atoms with E-state index >= 15 is 0 Å². The van der Waals surface area contributed by atoms with Gasteiger partial charge < -0.3 is 10.2 Å². The van der Waals surface area contributed by atoms with E-state index in [9.17, 15) is 4.79 Å². The lowest BCUT2D eigenvalue weighted by molar-refractivity contribution is 0.0950. The van der Waals surface area contributed by atoms with E-state index in [2.05, 4.69) is 59.6 Å². The zero-order chi connectivity index (χ0) is 25.0. The molecule has 0 bridgehead atoms. The second kappa shape index (κ2) is 10.8. The lowest BCUT2D eigenvalue weighted by Gasteiger charge is -2.34. The first kappa shape index (κ1) is 24.5. The maximum Gasteiger partial charge on any atom is 0.255 e. The molecule has 2 fully saturated rings. The molecule has 0 atom stereocenters. The summed E-state index contributed by atoms with van der Waals surface area (Å²) in [5, 5.41) is 3.19. The van der Waals surface area contributed by atoms with Crippen molar-refractivity contribution in [1.29, 1.82) is 0 Å². The van der Waals surface area contributed by atoms with Crippen LogP contribution in [-0.2, 0) is 11.8 Å². The molecule has 1 aromatic heterocycles. The van der Waals surface area contributed by atoms with Crippen molar-refractivity contribution in [1.82, 2.24) is 15.3 Å². The fraction of sp³-hybridized carbons (Fsp3) is 0.452. The Morgan fingerprint density at radius 2 is 1.61 bits per heavy atom. The van der Waals surface area contributed by atoms with Crippen molar-refractivity contribution in [2.24, 2.45) is 5.92 Å². The fourth-order valence-corrected chi connectivity index (χ4v) is 5.98. The zero-order valence-corrected chi connectivity index (χ0v) is 21.7. The summed E-state index contributed by atoms with van der Waals surface area (Å²) in [5.41, 5.74) is 4.61. The number of nitrogens with zero attached hydrogens (tertiary/aromatic N) is 3. The molecule has 5 heteroatoms. The van der Waals surface area contributed by atoms with Gasteiger partial charge in [-0.25, -0.2) is 9.97 Å². The summed E-state index contributed by atoms with van der Waals surface area (Å²) in [6.07, 6.45) is 7.41. The predicted molar refractivity (Wildman–Crippen MR) is 146 cm³/mol. The Labute approximate surface area is 215 Å². The van der Waals surface area contributed by atoms with Crippen LogP contribution in [0.1, 0.15) is 78.3 Å². The average Bonchev–Trinajstić information content (AvgIpc) is 3.41. The van der Waals surface area contributed by atoms with Gasteiger partial charge in [0.15, 0.2) is 0 Å². The Bertz CT molecular complexity index is 1160. The second-order valence-corrected chi connectivity index (χ2v) is 10.6. The Morgan fingerprint density at radius 1 is 0.972 bits per heavy atom. The number of anilines is 1. The first-order valence-corrected chi connectivity index (χ1v) is 13.6. The number of piperidine rings is 1. The molecule has 1 aliphatic carbocycles. The number of aryl methyl sites for hydroxylation is 1. The molecule has 1 saturated carbocycles. The Balaban J connectivity index is 1.52. The van der Waals surface area contributed by atoms with E-state index in [0.29, 0.717) is 12.1 Å². The Morgan fingerprint density at radius 3 is 2.28 bits per heavy atom. The minimum atomic E-state index is -0.251. The lowest BCUT2D eigenvalue weighted by atomic mass is 9.74. The minimum absolute atomic E-state index is 0.0561. The van der Waals surface area contributed by atoms with Crippen molar-refractivity contribution in [3.05, 3.63) is 88.7 Å². The average molecular weight is 483 g/mol. The number of rotatable bonds is 7. The van der Waals surface area contributed by atoms with Crippen LogP contribution < -0.4 is 10.2 Å². The standard InChI is InChI=1S/C31H38N4O/c1-23-16-21-35(22-17-23)30-33-24(2)27(29(36)32-20-15-25-11-5-3-6-12-25)28(34-30)31(18-9-10-19-31)26-13-7-4-8-14-26/h3-8,11-14,23H,9-10,15-22H2,1-2H3,(H,32,36). The summed E-state index contributed by atoms with van der Waals surface area (Å²) < 4.78 is 0. The van der Waals surface area contributed by atoms with Gasteiger partial charge in [0.1, 0.15) is 0 Å². The first-order valence-electron chi connectivity index (χ1n) is 13.6. The first-order chi connectivity index (χ1) is 17.6. The molecule has 0 spiro atoms. The van der Waals surface area contributed by atoms with E-state index in [1.165, 1.54) is 11.1 Å². The van der Waals surface area contributed by atoms with E-state index in [4.69, 9.17) is 9.97 Å². The number of hydrogen-bond acceptors (Lipinski definition) is 4. The number of hydrogen-bond donors (Lipinski definition) is 1. The summed E-state index contributed by atoms with van der Waals surface area (Å²) in [5.74, 6) is 1.47. The van der Waals surface area contributed by atoms with Crippen molar-refractivity contribution >= 4 is 11.9 Å².